The predicted octanol–water partition coefficient (Wildman–Crippen LogP) is 2.51. The number of carbonyl (C=O) groups excluding carboxylic acids is 1. The Morgan fingerprint density at radius 1 is 1.43 bits per heavy atom. The van der Waals surface area contributed by atoms with Gasteiger partial charge in [0.25, 0.3) is 5.91 Å². The molecule has 5 heteroatoms. The van der Waals surface area contributed by atoms with Crippen molar-refractivity contribution in [1.29, 1.82) is 0 Å². The highest BCUT2D eigenvalue weighted by Gasteiger charge is 2.23. The lowest BCUT2D eigenvalue weighted by Gasteiger charge is -2.25. The first-order valence-electron chi connectivity index (χ1n) is 6.79. The van der Waals surface area contributed by atoms with Crippen molar-refractivity contribution in [2.75, 3.05) is 6.54 Å². The summed E-state index contributed by atoms with van der Waals surface area (Å²) < 4.78 is 13.6. The molecule has 0 spiro atoms. The first-order chi connectivity index (χ1) is 9.79. The Kier molecular flexibility index (Phi) is 4.23. The molecule has 112 valence electrons. The molecule has 0 saturated carbocycles. The Morgan fingerprint density at radius 3 is 2.81 bits per heavy atom. The molecule has 0 aliphatic carbocycles. The van der Waals surface area contributed by atoms with Crippen molar-refractivity contribution < 1.29 is 14.3 Å². The van der Waals surface area contributed by atoms with E-state index in [1.54, 1.807) is 18.3 Å². The number of carbonyl (C=O) groups is 1. The number of amides is 1. The van der Waals surface area contributed by atoms with E-state index in [0.717, 1.165) is 6.07 Å². The van der Waals surface area contributed by atoms with Crippen molar-refractivity contribution in [1.82, 2.24) is 10.3 Å². The predicted molar refractivity (Wildman–Crippen MR) is 79.5 cm³/mol. The van der Waals surface area contributed by atoms with Crippen molar-refractivity contribution in [3.05, 3.63) is 41.8 Å². The zero-order valence-corrected chi connectivity index (χ0v) is 12.4. The third kappa shape index (κ3) is 3.55. The van der Waals surface area contributed by atoms with Crippen LogP contribution in [0.15, 0.2) is 30.5 Å². The summed E-state index contributed by atoms with van der Waals surface area (Å²) in [6, 6.07) is 5.89. The molecular formula is C16H19FN2O2. The van der Waals surface area contributed by atoms with Gasteiger partial charge in [0.2, 0.25) is 0 Å². The van der Waals surface area contributed by atoms with Gasteiger partial charge in [-0.05, 0) is 23.6 Å². The molecule has 2 N–H and O–H groups in total. The Bertz CT molecular complexity index is 665. The molecule has 2 rings (SSSR count). The summed E-state index contributed by atoms with van der Waals surface area (Å²) in [4.78, 5) is 16.3. The van der Waals surface area contributed by atoms with Crippen LogP contribution in [-0.4, -0.2) is 28.6 Å². The fraction of sp³-hybridized carbons (Fsp3) is 0.375. The number of aliphatic hydroxyl groups excluding tert-OH is 1. The minimum atomic E-state index is -0.686. The normalized spacial score (nSPS) is 13.2. The second kappa shape index (κ2) is 5.77. The van der Waals surface area contributed by atoms with Crippen LogP contribution in [0.3, 0.4) is 0 Å². The van der Waals surface area contributed by atoms with E-state index in [9.17, 15) is 14.3 Å². The topological polar surface area (TPSA) is 62.2 Å². The van der Waals surface area contributed by atoms with E-state index in [4.69, 9.17) is 0 Å². The van der Waals surface area contributed by atoms with Crippen LogP contribution >= 0.6 is 0 Å². The van der Waals surface area contributed by atoms with Crippen LogP contribution in [0, 0.1) is 11.2 Å². The number of hydrogen-bond donors (Lipinski definition) is 2. The molecule has 0 fully saturated rings. The second-order valence-corrected chi connectivity index (χ2v) is 6.12. The van der Waals surface area contributed by atoms with E-state index >= 15 is 0 Å². The molecule has 1 amide bonds. The van der Waals surface area contributed by atoms with Crippen LogP contribution in [-0.2, 0) is 0 Å². The number of nitrogens with one attached hydrogen (secondary N) is 1. The molecule has 4 nitrogen and oxygen atoms in total. The van der Waals surface area contributed by atoms with Gasteiger partial charge in [-0.3, -0.25) is 9.78 Å². The molecular weight excluding hydrogens is 271 g/mol. The van der Waals surface area contributed by atoms with E-state index in [0.29, 0.717) is 10.9 Å². The largest absolute Gasteiger partial charge is 0.391 e. The summed E-state index contributed by atoms with van der Waals surface area (Å²) in [5, 5.41) is 13.1. The van der Waals surface area contributed by atoms with E-state index in [-0.39, 0.29) is 17.5 Å². The lowest BCUT2D eigenvalue weighted by atomic mass is 9.89. The molecule has 2 aromatic rings. The van der Waals surface area contributed by atoms with Crippen molar-refractivity contribution in [3.63, 3.8) is 0 Å². The Morgan fingerprint density at radius 2 is 2.14 bits per heavy atom. The molecule has 1 aromatic heterocycles. The van der Waals surface area contributed by atoms with Gasteiger partial charge in [0.15, 0.2) is 0 Å². The fourth-order valence-corrected chi connectivity index (χ4v) is 1.92. The summed E-state index contributed by atoms with van der Waals surface area (Å²) in [5.41, 5.74) is 0.281. The van der Waals surface area contributed by atoms with Gasteiger partial charge in [-0.2, -0.15) is 0 Å². The van der Waals surface area contributed by atoms with Crippen LogP contribution in [0.25, 0.3) is 10.9 Å². The minimum absolute atomic E-state index is 0.104. The number of fused-ring (bicyclic) bond motifs is 1. The smallest absolute Gasteiger partial charge is 0.253 e. The monoisotopic (exact) mass is 290 g/mol. The molecule has 0 aliphatic heterocycles. The van der Waals surface area contributed by atoms with Crippen molar-refractivity contribution in [3.8, 4) is 0 Å². The fourth-order valence-electron chi connectivity index (χ4n) is 1.92. The van der Waals surface area contributed by atoms with E-state index < -0.39 is 17.8 Å². The molecule has 0 bridgehead atoms. The van der Waals surface area contributed by atoms with E-state index in [1.165, 1.54) is 6.07 Å². The molecule has 0 aliphatic rings. The Hall–Kier alpha value is -2.01. The van der Waals surface area contributed by atoms with Crippen molar-refractivity contribution in [2.45, 2.75) is 26.9 Å². The second-order valence-electron chi connectivity index (χ2n) is 6.12. The average molecular weight is 290 g/mol. The van der Waals surface area contributed by atoms with Gasteiger partial charge in [0.1, 0.15) is 5.82 Å². The zero-order valence-electron chi connectivity index (χ0n) is 12.4. The van der Waals surface area contributed by atoms with Crippen LogP contribution in [0.1, 0.15) is 31.1 Å². The molecule has 1 heterocycles. The van der Waals surface area contributed by atoms with Gasteiger partial charge in [-0.1, -0.05) is 26.8 Å². The van der Waals surface area contributed by atoms with Gasteiger partial charge >= 0.3 is 0 Å². The van der Waals surface area contributed by atoms with Crippen LogP contribution in [0.5, 0.6) is 0 Å². The number of pyridine rings is 1. The highest BCUT2D eigenvalue weighted by molar-refractivity contribution is 6.05. The minimum Gasteiger partial charge on any atom is -0.391 e. The summed E-state index contributed by atoms with van der Waals surface area (Å²) in [7, 11) is 0. The number of aliphatic hydroxyl groups is 1. The van der Waals surface area contributed by atoms with Gasteiger partial charge in [0.05, 0.1) is 17.2 Å². The molecule has 1 atom stereocenters. The maximum Gasteiger partial charge on any atom is 0.253 e. The number of aromatic nitrogens is 1. The first-order valence-corrected chi connectivity index (χ1v) is 6.79. The quantitative estimate of drug-likeness (QED) is 0.913. The number of benzene rings is 1. The first kappa shape index (κ1) is 15.4. The lowest BCUT2D eigenvalue weighted by Crippen LogP contribution is -2.39. The summed E-state index contributed by atoms with van der Waals surface area (Å²) in [6.07, 6.45) is 0.871. The van der Waals surface area contributed by atoms with E-state index in [2.05, 4.69) is 10.3 Å². The van der Waals surface area contributed by atoms with Crippen LogP contribution in [0.4, 0.5) is 4.39 Å². The highest BCUT2D eigenvalue weighted by Crippen LogP contribution is 2.20. The number of hydrogen-bond acceptors (Lipinski definition) is 3. The Labute approximate surface area is 123 Å². The SMILES string of the molecule is CC(C)(C)C(O)CNC(=O)c1cc(F)cc2cccnc12. The number of nitrogens with zero attached hydrogens (tertiary/aromatic N) is 1. The summed E-state index contributed by atoms with van der Waals surface area (Å²) >= 11 is 0. The van der Waals surface area contributed by atoms with Crippen LogP contribution in [0.2, 0.25) is 0 Å². The molecule has 0 saturated heterocycles. The molecule has 1 unspecified atom stereocenters. The molecule has 21 heavy (non-hydrogen) atoms. The standard InChI is InChI=1S/C16H19FN2O2/c1-16(2,3)13(20)9-19-15(21)12-8-11(17)7-10-5-4-6-18-14(10)12/h4-8,13,20H,9H2,1-3H3,(H,19,21). The van der Waals surface area contributed by atoms with Gasteiger partial charge < -0.3 is 10.4 Å². The molecule has 1 aromatic carbocycles. The maximum absolute atomic E-state index is 13.6. The van der Waals surface area contributed by atoms with E-state index in [1.807, 2.05) is 20.8 Å². The number of rotatable bonds is 3. The van der Waals surface area contributed by atoms with Crippen LogP contribution < -0.4 is 5.32 Å². The number of halogens is 1. The van der Waals surface area contributed by atoms with Gasteiger partial charge in [0, 0.05) is 18.1 Å². The zero-order chi connectivity index (χ0) is 15.6. The highest BCUT2D eigenvalue weighted by atomic mass is 19.1. The van der Waals surface area contributed by atoms with Gasteiger partial charge in [-0.15, -0.1) is 0 Å². The summed E-state index contributed by atoms with van der Waals surface area (Å²) in [5.74, 6) is -0.932. The van der Waals surface area contributed by atoms with Crippen molar-refractivity contribution >= 4 is 16.8 Å². The third-order valence-corrected chi connectivity index (χ3v) is 3.37. The Balaban J connectivity index is 2.24. The third-order valence-electron chi connectivity index (χ3n) is 3.37. The van der Waals surface area contributed by atoms with Gasteiger partial charge in [-0.25, -0.2) is 4.39 Å². The average Bonchev–Trinajstić information content (AvgIpc) is 2.42. The maximum atomic E-state index is 13.6. The lowest BCUT2D eigenvalue weighted by molar-refractivity contribution is 0.0587. The molecule has 0 radical (unpaired) electrons. The summed E-state index contributed by atoms with van der Waals surface area (Å²) in [6.45, 7) is 5.74. The van der Waals surface area contributed by atoms with Crippen molar-refractivity contribution in [2.24, 2.45) is 5.41 Å².